The van der Waals surface area contributed by atoms with Crippen molar-refractivity contribution in [3.63, 3.8) is 0 Å². The highest BCUT2D eigenvalue weighted by atomic mass is 32.2. The van der Waals surface area contributed by atoms with Gasteiger partial charge in [-0.25, -0.2) is 8.42 Å². The third kappa shape index (κ3) is 2.90. The monoisotopic (exact) mass is 398 g/mol. The molecule has 5 rings (SSSR count). The topological polar surface area (TPSA) is 93.0 Å². The van der Waals surface area contributed by atoms with E-state index in [0.717, 1.165) is 54.9 Å². The molecule has 1 aromatic carbocycles. The van der Waals surface area contributed by atoms with Gasteiger partial charge in [-0.05, 0) is 25.0 Å². The van der Waals surface area contributed by atoms with Crippen molar-refractivity contribution in [2.24, 2.45) is 0 Å². The number of hydrogen-bond acceptors (Lipinski definition) is 6. The number of hydrogen-bond donors (Lipinski definition) is 1. The summed E-state index contributed by atoms with van der Waals surface area (Å²) in [6.45, 7) is 3.53. The van der Waals surface area contributed by atoms with Gasteiger partial charge in [-0.15, -0.1) is 10.2 Å². The summed E-state index contributed by atoms with van der Waals surface area (Å²) in [5.41, 5.74) is 0. The van der Waals surface area contributed by atoms with E-state index in [4.69, 9.17) is 0 Å². The Morgan fingerprint density at radius 1 is 1.07 bits per heavy atom. The Bertz CT molecular complexity index is 1110. The van der Waals surface area contributed by atoms with Crippen molar-refractivity contribution in [1.29, 1.82) is 0 Å². The first kappa shape index (κ1) is 17.7. The maximum atomic E-state index is 13.3. The Labute approximate surface area is 163 Å². The lowest BCUT2D eigenvalue weighted by atomic mass is 9.97. The third-order valence-corrected chi connectivity index (χ3v) is 7.69. The van der Waals surface area contributed by atoms with Gasteiger partial charge in [0.2, 0.25) is 10.0 Å². The molecule has 0 spiro atoms. The van der Waals surface area contributed by atoms with E-state index in [0.29, 0.717) is 18.0 Å². The summed E-state index contributed by atoms with van der Waals surface area (Å²) in [4.78, 5) is 4.45. The number of benzene rings is 1. The van der Waals surface area contributed by atoms with Crippen molar-refractivity contribution >= 4 is 20.8 Å². The predicted octanol–water partition coefficient (Wildman–Crippen LogP) is 1.50. The smallest absolute Gasteiger partial charge is 0.243 e. The van der Waals surface area contributed by atoms with Gasteiger partial charge in [0, 0.05) is 55.3 Å². The molecule has 1 fully saturated rings. The van der Waals surface area contributed by atoms with Crippen LogP contribution in [0.2, 0.25) is 0 Å². The zero-order chi connectivity index (χ0) is 19.1. The molecular weight excluding hydrogens is 376 g/mol. The minimum absolute atomic E-state index is 0.252. The lowest BCUT2D eigenvalue weighted by Gasteiger charge is -2.31. The van der Waals surface area contributed by atoms with Gasteiger partial charge in [-0.3, -0.25) is 4.98 Å². The molecule has 9 heteroatoms. The molecule has 2 aliphatic rings. The van der Waals surface area contributed by atoms with Crippen LogP contribution in [0.5, 0.6) is 0 Å². The first-order valence-corrected chi connectivity index (χ1v) is 11.0. The lowest BCUT2D eigenvalue weighted by molar-refractivity contribution is 0.307. The summed E-state index contributed by atoms with van der Waals surface area (Å²) in [6.07, 6.45) is 4.86. The molecule has 1 N–H and O–H groups in total. The molecule has 146 valence electrons. The van der Waals surface area contributed by atoms with E-state index in [1.54, 1.807) is 34.9 Å². The Balaban J connectivity index is 1.38. The van der Waals surface area contributed by atoms with Crippen molar-refractivity contribution in [1.82, 2.24) is 29.4 Å². The van der Waals surface area contributed by atoms with Gasteiger partial charge >= 0.3 is 0 Å². The van der Waals surface area contributed by atoms with E-state index in [1.165, 1.54) is 0 Å². The molecule has 2 aliphatic heterocycles. The first-order chi connectivity index (χ1) is 13.6. The summed E-state index contributed by atoms with van der Waals surface area (Å²) in [5, 5.41) is 13.6. The highest BCUT2D eigenvalue weighted by molar-refractivity contribution is 7.89. The second-order valence-electron chi connectivity index (χ2n) is 7.33. The van der Waals surface area contributed by atoms with Gasteiger partial charge in [0.05, 0.1) is 11.4 Å². The minimum Gasteiger partial charge on any atom is -0.312 e. The highest BCUT2D eigenvalue weighted by Crippen LogP contribution is 2.32. The van der Waals surface area contributed by atoms with Gasteiger partial charge in [0.25, 0.3) is 0 Å². The second kappa shape index (κ2) is 6.91. The van der Waals surface area contributed by atoms with Crippen molar-refractivity contribution < 1.29 is 8.42 Å². The summed E-state index contributed by atoms with van der Waals surface area (Å²) >= 11 is 0. The van der Waals surface area contributed by atoms with Crippen LogP contribution in [0.15, 0.2) is 41.6 Å². The number of pyridine rings is 1. The summed E-state index contributed by atoms with van der Waals surface area (Å²) in [7, 11) is -3.55. The highest BCUT2D eigenvalue weighted by Gasteiger charge is 2.33. The maximum absolute atomic E-state index is 13.3. The van der Waals surface area contributed by atoms with Gasteiger partial charge in [-0.1, -0.05) is 12.1 Å². The fourth-order valence-corrected chi connectivity index (χ4v) is 5.91. The van der Waals surface area contributed by atoms with E-state index in [9.17, 15) is 8.42 Å². The molecule has 1 saturated heterocycles. The SMILES string of the molecule is O=S(=O)(c1cccc2cnccc12)N1CCC(c2nnc3n2CCNC3)CC1. The fraction of sp³-hybridized carbons (Fsp3) is 0.421. The standard InChI is InChI=1S/C19H22N6O2S/c26-28(27,17-3-1-2-15-12-20-7-4-16(15)17)24-9-5-14(6-10-24)19-23-22-18-13-21-8-11-25(18)19/h1-4,7,12,14,21H,5-6,8-11,13H2. The molecule has 2 aromatic heterocycles. The van der Waals surface area contributed by atoms with E-state index in [1.807, 2.05) is 6.07 Å². The number of nitrogens with zero attached hydrogens (tertiary/aromatic N) is 5. The Morgan fingerprint density at radius 3 is 2.79 bits per heavy atom. The van der Waals surface area contributed by atoms with Crippen LogP contribution in [-0.4, -0.2) is 52.1 Å². The van der Waals surface area contributed by atoms with Gasteiger partial charge in [-0.2, -0.15) is 4.31 Å². The minimum atomic E-state index is -3.55. The molecule has 0 amide bonds. The number of fused-ring (bicyclic) bond motifs is 2. The van der Waals surface area contributed by atoms with Crippen molar-refractivity contribution in [2.45, 2.75) is 36.7 Å². The zero-order valence-corrected chi connectivity index (χ0v) is 16.3. The van der Waals surface area contributed by atoms with Crippen molar-refractivity contribution in [2.75, 3.05) is 19.6 Å². The lowest BCUT2D eigenvalue weighted by Crippen LogP contribution is -2.39. The number of nitrogens with one attached hydrogen (secondary N) is 1. The Kier molecular flexibility index (Phi) is 4.37. The molecule has 3 aromatic rings. The Morgan fingerprint density at radius 2 is 1.93 bits per heavy atom. The van der Waals surface area contributed by atoms with Crippen molar-refractivity contribution in [3.8, 4) is 0 Å². The number of sulfonamides is 1. The molecule has 0 unspecified atom stereocenters. The third-order valence-electron chi connectivity index (χ3n) is 5.73. The van der Waals surface area contributed by atoms with E-state index in [2.05, 4.69) is 25.1 Å². The van der Waals surface area contributed by atoms with Gasteiger partial charge in [0.1, 0.15) is 11.6 Å². The average Bonchev–Trinajstić information content (AvgIpc) is 3.17. The summed E-state index contributed by atoms with van der Waals surface area (Å²) < 4.78 is 30.4. The fourth-order valence-electron chi connectivity index (χ4n) is 4.23. The number of piperidine rings is 1. The van der Waals surface area contributed by atoms with Crippen LogP contribution >= 0.6 is 0 Å². The predicted molar refractivity (Wildman–Crippen MR) is 104 cm³/mol. The normalized spacial score (nSPS) is 19.0. The first-order valence-electron chi connectivity index (χ1n) is 9.60. The van der Waals surface area contributed by atoms with E-state index >= 15 is 0 Å². The van der Waals surface area contributed by atoms with Crippen molar-refractivity contribution in [3.05, 3.63) is 48.3 Å². The summed E-state index contributed by atoms with van der Waals surface area (Å²) in [5.74, 6) is 2.23. The van der Waals surface area contributed by atoms with E-state index < -0.39 is 10.0 Å². The number of rotatable bonds is 3. The molecule has 0 aliphatic carbocycles. The molecule has 0 saturated carbocycles. The van der Waals surface area contributed by atoms with E-state index in [-0.39, 0.29) is 5.92 Å². The zero-order valence-electron chi connectivity index (χ0n) is 15.5. The second-order valence-corrected chi connectivity index (χ2v) is 9.24. The molecule has 0 bridgehead atoms. The van der Waals surface area contributed by atoms with Crippen LogP contribution in [-0.2, 0) is 23.1 Å². The quantitative estimate of drug-likeness (QED) is 0.719. The van der Waals surface area contributed by atoms with Crippen LogP contribution in [0.1, 0.15) is 30.4 Å². The van der Waals surface area contributed by atoms with Crippen LogP contribution in [0.3, 0.4) is 0 Å². The molecule has 0 atom stereocenters. The van der Waals surface area contributed by atoms with Crippen LogP contribution in [0, 0.1) is 0 Å². The molecule has 0 radical (unpaired) electrons. The Hall–Kier alpha value is -2.36. The summed E-state index contributed by atoms with van der Waals surface area (Å²) in [6, 6.07) is 7.12. The number of aromatic nitrogens is 4. The maximum Gasteiger partial charge on any atom is 0.243 e. The average molecular weight is 398 g/mol. The molecular formula is C19H22N6O2S. The van der Waals surface area contributed by atoms with Crippen LogP contribution in [0.4, 0.5) is 0 Å². The molecule has 4 heterocycles. The van der Waals surface area contributed by atoms with Crippen LogP contribution < -0.4 is 5.32 Å². The largest absolute Gasteiger partial charge is 0.312 e. The van der Waals surface area contributed by atoms with Gasteiger partial charge in [0.15, 0.2) is 0 Å². The van der Waals surface area contributed by atoms with Gasteiger partial charge < -0.3 is 9.88 Å². The van der Waals surface area contributed by atoms with Crippen LogP contribution in [0.25, 0.3) is 10.8 Å². The molecule has 8 nitrogen and oxygen atoms in total. The molecule has 28 heavy (non-hydrogen) atoms.